The maximum absolute atomic E-state index is 6.08. The Morgan fingerprint density at radius 3 is 2.24 bits per heavy atom. The van der Waals surface area contributed by atoms with E-state index in [4.69, 9.17) is 9.47 Å². The zero-order valence-electron chi connectivity index (χ0n) is 11.4. The predicted molar refractivity (Wildman–Crippen MR) is 86.2 cm³/mol. The molecule has 1 aliphatic heterocycles. The van der Waals surface area contributed by atoms with Gasteiger partial charge in [0.2, 0.25) is 0 Å². The molecule has 0 aromatic heterocycles. The van der Waals surface area contributed by atoms with Gasteiger partial charge in [-0.25, -0.2) is 0 Å². The molecule has 0 N–H and O–H groups in total. The molecule has 3 aromatic carbocycles. The lowest BCUT2D eigenvalue weighted by molar-refractivity contribution is 0.149. The van der Waals surface area contributed by atoms with Gasteiger partial charge in [0.25, 0.3) is 0 Å². The summed E-state index contributed by atoms with van der Waals surface area (Å²) in [5, 5.41) is 2.35. The first-order valence-corrected chi connectivity index (χ1v) is 7.80. The lowest BCUT2D eigenvalue weighted by Gasteiger charge is -2.26. The third-order valence-electron chi connectivity index (χ3n) is 3.46. The van der Waals surface area contributed by atoms with E-state index in [2.05, 4.69) is 30.3 Å². The summed E-state index contributed by atoms with van der Waals surface area (Å²) in [6.07, 6.45) is 0. The van der Waals surface area contributed by atoms with Gasteiger partial charge in [0.1, 0.15) is 6.61 Å². The molecule has 1 atom stereocenters. The number of benzene rings is 3. The van der Waals surface area contributed by atoms with Gasteiger partial charge in [-0.2, -0.15) is 0 Å². The molecule has 3 aromatic rings. The van der Waals surface area contributed by atoms with E-state index in [9.17, 15) is 0 Å². The molecule has 0 amide bonds. The van der Waals surface area contributed by atoms with E-state index in [-0.39, 0.29) is 5.44 Å². The first-order valence-electron chi connectivity index (χ1n) is 6.92. The third-order valence-corrected chi connectivity index (χ3v) is 4.50. The van der Waals surface area contributed by atoms with Gasteiger partial charge in [-0.1, -0.05) is 54.2 Å². The number of rotatable bonds is 2. The highest BCUT2D eigenvalue weighted by molar-refractivity contribution is 7.99. The summed E-state index contributed by atoms with van der Waals surface area (Å²) < 4.78 is 12.0. The van der Waals surface area contributed by atoms with Gasteiger partial charge in [-0.3, -0.25) is 0 Å². The van der Waals surface area contributed by atoms with E-state index in [1.165, 1.54) is 15.7 Å². The Bertz CT molecular complexity index is 771. The summed E-state index contributed by atoms with van der Waals surface area (Å²) >= 11 is 1.69. The van der Waals surface area contributed by atoms with Gasteiger partial charge in [-0.05, 0) is 35.0 Å². The average Bonchev–Trinajstić information content (AvgIpc) is 2.54. The second kappa shape index (κ2) is 5.34. The van der Waals surface area contributed by atoms with Crippen molar-refractivity contribution in [2.45, 2.75) is 10.3 Å². The van der Waals surface area contributed by atoms with Gasteiger partial charge in [0, 0.05) is 4.90 Å². The predicted octanol–water partition coefficient (Wildman–Crippen LogP) is 4.73. The summed E-state index contributed by atoms with van der Waals surface area (Å²) in [5.41, 5.74) is -0.0129. The normalized spacial score (nSPS) is 16.9. The molecule has 3 heteroatoms. The van der Waals surface area contributed by atoms with Crippen LogP contribution in [0.3, 0.4) is 0 Å². The van der Waals surface area contributed by atoms with Crippen molar-refractivity contribution in [1.82, 2.24) is 0 Å². The van der Waals surface area contributed by atoms with Gasteiger partial charge in [0.05, 0.1) is 0 Å². The van der Waals surface area contributed by atoms with Crippen LogP contribution < -0.4 is 9.47 Å². The first-order chi connectivity index (χ1) is 10.4. The van der Waals surface area contributed by atoms with Gasteiger partial charge >= 0.3 is 0 Å². The Morgan fingerprint density at radius 1 is 0.810 bits per heavy atom. The van der Waals surface area contributed by atoms with Gasteiger partial charge in [-0.15, -0.1) is 0 Å². The minimum atomic E-state index is -0.0129. The monoisotopic (exact) mass is 294 g/mol. The van der Waals surface area contributed by atoms with Crippen LogP contribution in [-0.4, -0.2) is 12.0 Å². The van der Waals surface area contributed by atoms with E-state index in [0.29, 0.717) is 6.61 Å². The van der Waals surface area contributed by atoms with Crippen molar-refractivity contribution in [3.05, 3.63) is 66.7 Å². The molecule has 0 fully saturated rings. The molecule has 0 saturated heterocycles. The van der Waals surface area contributed by atoms with Crippen LogP contribution in [0.5, 0.6) is 11.5 Å². The number of fused-ring (bicyclic) bond motifs is 2. The highest BCUT2D eigenvalue weighted by Crippen LogP contribution is 2.39. The molecule has 104 valence electrons. The van der Waals surface area contributed by atoms with Crippen molar-refractivity contribution in [2.24, 2.45) is 0 Å². The fourth-order valence-electron chi connectivity index (χ4n) is 2.45. The minimum Gasteiger partial charge on any atom is -0.485 e. The van der Waals surface area contributed by atoms with Crippen molar-refractivity contribution in [3.8, 4) is 11.5 Å². The van der Waals surface area contributed by atoms with Crippen molar-refractivity contribution in [1.29, 1.82) is 0 Å². The molecule has 1 heterocycles. The molecule has 1 unspecified atom stereocenters. The van der Waals surface area contributed by atoms with E-state index >= 15 is 0 Å². The molecule has 0 radical (unpaired) electrons. The Balaban J connectivity index is 1.61. The third kappa shape index (κ3) is 2.57. The maximum Gasteiger partial charge on any atom is 0.183 e. The van der Waals surface area contributed by atoms with Gasteiger partial charge < -0.3 is 9.47 Å². The van der Waals surface area contributed by atoms with E-state index in [0.717, 1.165) is 11.5 Å². The van der Waals surface area contributed by atoms with Crippen LogP contribution in [0.1, 0.15) is 0 Å². The van der Waals surface area contributed by atoms with E-state index in [1.54, 1.807) is 11.8 Å². The average molecular weight is 294 g/mol. The molecule has 1 aliphatic rings. The summed E-state index contributed by atoms with van der Waals surface area (Å²) in [6.45, 7) is 0.560. The number of hydrogen-bond donors (Lipinski definition) is 0. The maximum atomic E-state index is 6.08. The SMILES string of the molecule is c1ccc(SC2COc3cc4ccccc4cc3O2)cc1. The summed E-state index contributed by atoms with van der Waals surface area (Å²) in [5.74, 6) is 1.66. The summed E-state index contributed by atoms with van der Waals surface area (Å²) in [6, 6.07) is 22.6. The quantitative estimate of drug-likeness (QED) is 0.681. The van der Waals surface area contributed by atoms with Gasteiger partial charge in [0.15, 0.2) is 16.9 Å². The highest BCUT2D eigenvalue weighted by atomic mass is 32.2. The Morgan fingerprint density at radius 2 is 1.48 bits per heavy atom. The van der Waals surface area contributed by atoms with Crippen LogP contribution in [0.4, 0.5) is 0 Å². The van der Waals surface area contributed by atoms with Crippen LogP contribution in [0, 0.1) is 0 Å². The Hall–Kier alpha value is -2.13. The lowest BCUT2D eigenvalue weighted by Crippen LogP contribution is -2.25. The van der Waals surface area contributed by atoms with Crippen LogP contribution >= 0.6 is 11.8 Å². The van der Waals surface area contributed by atoms with Crippen LogP contribution in [0.2, 0.25) is 0 Å². The molecule has 2 nitrogen and oxygen atoms in total. The fourth-order valence-corrected chi connectivity index (χ4v) is 3.35. The minimum absolute atomic E-state index is 0.0129. The van der Waals surface area contributed by atoms with Crippen molar-refractivity contribution < 1.29 is 9.47 Å². The van der Waals surface area contributed by atoms with Crippen molar-refractivity contribution in [3.63, 3.8) is 0 Å². The van der Waals surface area contributed by atoms with E-state index in [1.807, 2.05) is 36.4 Å². The Kier molecular flexibility index (Phi) is 3.20. The number of ether oxygens (including phenoxy) is 2. The molecular formula is C18H14O2S. The lowest BCUT2D eigenvalue weighted by atomic mass is 10.1. The smallest absolute Gasteiger partial charge is 0.183 e. The molecular weight excluding hydrogens is 280 g/mol. The molecule has 0 saturated carbocycles. The molecule has 0 aliphatic carbocycles. The highest BCUT2D eigenvalue weighted by Gasteiger charge is 2.22. The van der Waals surface area contributed by atoms with Crippen LogP contribution in [-0.2, 0) is 0 Å². The van der Waals surface area contributed by atoms with Crippen molar-refractivity contribution >= 4 is 22.5 Å². The topological polar surface area (TPSA) is 18.5 Å². The summed E-state index contributed by atoms with van der Waals surface area (Å²) in [7, 11) is 0. The number of hydrogen-bond acceptors (Lipinski definition) is 3. The number of thioether (sulfide) groups is 1. The first kappa shape index (κ1) is 12.6. The van der Waals surface area contributed by atoms with Crippen LogP contribution in [0.15, 0.2) is 71.6 Å². The standard InChI is InChI=1S/C18H14O2S/c1-2-8-15(9-3-1)21-18-12-19-16-10-13-6-4-5-7-14(13)11-17(16)20-18/h1-11,18H,12H2. The van der Waals surface area contributed by atoms with Crippen LogP contribution in [0.25, 0.3) is 10.8 Å². The molecule has 4 rings (SSSR count). The molecule has 0 bridgehead atoms. The van der Waals surface area contributed by atoms with E-state index < -0.39 is 0 Å². The molecule has 21 heavy (non-hydrogen) atoms. The molecule has 0 spiro atoms. The summed E-state index contributed by atoms with van der Waals surface area (Å²) in [4.78, 5) is 1.19. The Labute approximate surface area is 127 Å². The fraction of sp³-hybridized carbons (Fsp3) is 0.111. The largest absolute Gasteiger partial charge is 0.485 e. The second-order valence-electron chi connectivity index (χ2n) is 4.94. The van der Waals surface area contributed by atoms with Crippen molar-refractivity contribution in [2.75, 3.05) is 6.61 Å². The zero-order valence-corrected chi connectivity index (χ0v) is 12.2. The zero-order chi connectivity index (χ0) is 14.1. The second-order valence-corrected chi connectivity index (χ2v) is 6.17.